The van der Waals surface area contributed by atoms with Crippen LogP contribution in [0.25, 0.3) is 0 Å². The average Bonchev–Trinajstić information content (AvgIpc) is 3.07. The number of rotatable bonds is 5. The maximum Gasteiger partial charge on any atom is 0.225 e. The first-order valence-corrected chi connectivity index (χ1v) is 8.71. The highest BCUT2D eigenvalue weighted by molar-refractivity contribution is 5.84. The molecule has 2 atom stereocenters. The van der Waals surface area contributed by atoms with Crippen molar-refractivity contribution < 1.29 is 14.7 Å². The van der Waals surface area contributed by atoms with E-state index in [2.05, 4.69) is 10.4 Å². The molecule has 0 aliphatic carbocycles. The van der Waals surface area contributed by atoms with E-state index in [9.17, 15) is 14.7 Å². The predicted molar refractivity (Wildman–Crippen MR) is 95.7 cm³/mol. The minimum absolute atomic E-state index is 0.0279. The Morgan fingerprint density at radius 2 is 2.08 bits per heavy atom. The van der Waals surface area contributed by atoms with E-state index in [-0.39, 0.29) is 30.4 Å². The Kier molecular flexibility index (Phi) is 5.37. The van der Waals surface area contributed by atoms with Gasteiger partial charge in [-0.2, -0.15) is 5.10 Å². The van der Waals surface area contributed by atoms with Gasteiger partial charge in [0.1, 0.15) is 0 Å². The molecule has 1 aliphatic rings. The Morgan fingerprint density at radius 3 is 2.77 bits per heavy atom. The van der Waals surface area contributed by atoms with Gasteiger partial charge in [0, 0.05) is 33.3 Å². The molecule has 7 nitrogen and oxygen atoms in total. The van der Waals surface area contributed by atoms with E-state index in [1.54, 1.807) is 22.8 Å². The summed E-state index contributed by atoms with van der Waals surface area (Å²) in [5, 5.41) is 16.4. The summed E-state index contributed by atoms with van der Waals surface area (Å²) in [6.07, 6.45) is 2.56. The zero-order valence-corrected chi connectivity index (χ0v) is 15.1. The molecule has 7 heteroatoms. The first-order valence-electron chi connectivity index (χ1n) is 8.71. The molecule has 1 fully saturated rings. The Morgan fingerprint density at radius 1 is 1.31 bits per heavy atom. The van der Waals surface area contributed by atoms with Gasteiger partial charge in [0.05, 0.1) is 24.3 Å². The molecule has 1 saturated heterocycles. The van der Waals surface area contributed by atoms with Crippen LogP contribution in [0.1, 0.15) is 35.7 Å². The van der Waals surface area contributed by atoms with Crippen LogP contribution in [-0.2, 0) is 29.8 Å². The Labute approximate surface area is 152 Å². The van der Waals surface area contributed by atoms with Crippen molar-refractivity contribution in [1.82, 2.24) is 20.0 Å². The molecule has 2 amide bonds. The molecule has 26 heavy (non-hydrogen) atoms. The first-order chi connectivity index (χ1) is 12.5. The van der Waals surface area contributed by atoms with Crippen LogP contribution in [0.4, 0.5) is 0 Å². The van der Waals surface area contributed by atoms with Gasteiger partial charge in [0.15, 0.2) is 0 Å². The lowest BCUT2D eigenvalue weighted by molar-refractivity contribution is -0.142. The monoisotopic (exact) mass is 356 g/mol. The molecular weight excluding hydrogens is 332 g/mol. The van der Waals surface area contributed by atoms with Gasteiger partial charge >= 0.3 is 0 Å². The summed E-state index contributed by atoms with van der Waals surface area (Å²) in [6, 6.07) is 9.01. The molecule has 0 saturated carbocycles. The van der Waals surface area contributed by atoms with Crippen LogP contribution in [0.5, 0.6) is 0 Å². The maximum absolute atomic E-state index is 12.9. The van der Waals surface area contributed by atoms with E-state index in [1.807, 2.05) is 37.4 Å². The highest BCUT2D eigenvalue weighted by Gasteiger charge is 2.40. The van der Waals surface area contributed by atoms with Gasteiger partial charge in [-0.25, -0.2) is 0 Å². The molecule has 0 unspecified atom stereocenters. The molecule has 1 aromatic carbocycles. The number of carbonyl (C=O) groups excluding carboxylic acids is 2. The second-order valence-electron chi connectivity index (χ2n) is 6.67. The second kappa shape index (κ2) is 7.70. The number of amides is 2. The molecule has 2 N–H and O–H groups in total. The first kappa shape index (κ1) is 18.1. The van der Waals surface area contributed by atoms with E-state index < -0.39 is 0 Å². The van der Waals surface area contributed by atoms with Crippen LogP contribution in [0.15, 0.2) is 36.5 Å². The number of piperidine rings is 1. The number of aliphatic hydroxyl groups excluding tert-OH is 1. The fourth-order valence-electron chi connectivity index (χ4n) is 3.55. The highest BCUT2D eigenvalue weighted by Crippen LogP contribution is 2.35. The van der Waals surface area contributed by atoms with E-state index >= 15 is 0 Å². The zero-order valence-electron chi connectivity index (χ0n) is 15.1. The van der Waals surface area contributed by atoms with Crippen LogP contribution in [0, 0.1) is 5.92 Å². The van der Waals surface area contributed by atoms with Crippen molar-refractivity contribution in [3.05, 3.63) is 53.3 Å². The predicted octanol–water partition coefficient (Wildman–Crippen LogP) is 1.14. The minimum Gasteiger partial charge on any atom is -0.392 e. The van der Waals surface area contributed by atoms with Gasteiger partial charge in [-0.05, 0) is 23.6 Å². The lowest BCUT2D eigenvalue weighted by Gasteiger charge is -2.38. The van der Waals surface area contributed by atoms with E-state index in [0.29, 0.717) is 19.4 Å². The van der Waals surface area contributed by atoms with Crippen molar-refractivity contribution in [1.29, 1.82) is 0 Å². The Balaban J connectivity index is 1.75. The smallest absolute Gasteiger partial charge is 0.225 e. The maximum atomic E-state index is 12.9. The van der Waals surface area contributed by atoms with Gasteiger partial charge < -0.3 is 15.3 Å². The van der Waals surface area contributed by atoms with Gasteiger partial charge in [0.2, 0.25) is 11.8 Å². The van der Waals surface area contributed by atoms with Crippen LogP contribution in [-0.4, -0.2) is 38.6 Å². The number of nitrogens with one attached hydrogen (secondary N) is 1. The van der Waals surface area contributed by atoms with Crippen molar-refractivity contribution >= 4 is 11.8 Å². The van der Waals surface area contributed by atoms with Crippen LogP contribution in [0.2, 0.25) is 0 Å². The summed E-state index contributed by atoms with van der Waals surface area (Å²) >= 11 is 0. The topological polar surface area (TPSA) is 87.5 Å². The van der Waals surface area contributed by atoms with Gasteiger partial charge in [-0.1, -0.05) is 24.3 Å². The molecule has 0 bridgehead atoms. The van der Waals surface area contributed by atoms with Gasteiger partial charge in [-0.15, -0.1) is 0 Å². The third-order valence-electron chi connectivity index (χ3n) is 5.00. The molecule has 2 heterocycles. The normalized spacial score (nSPS) is 20.3. The number of carbonyl (C=O) groups is 2. The number of hydrogen-bond donors (Lipinski definition) is 2. The summed E-state index contributed by atoms with van der Waals surface area (Å²) < 4.78 is 1.71. The molecular formula is C19H24N4O3. The molecule has 138 valence electrons. The SMILES string of the molecule is CN1C(=O)CC[C@H](C(=O)NCc2cccc(CO)c2)[C@H]1c1ccnn1C. The Hall–Kier alpha value is -2.67. The number of nitrogens with zero attached hydrogens (tertiary/aromatic N) is 3. The van der Waals surface area contributed by atoms with Crippen LogP contribution >= 0.6 is 0 Å². The van der Waals surface area contributed by atoms with Crippen molar-refractivity contribution in [3.8, 4) is 0 Å². The number of aryl methyl sites for hydroxylation is 1. The summed E-state index contributed by atoms with van der Waals surface area (Å²) in [6.45, 7) is 0.360. The highest BCUT2D eigenvalue weighted by atomic mass is 16.3. The van der Waals surface area contributed by atoms with Crippen LogP contribution in [0.3, 0.4) is 0 Å². The number of likely N-dealkylation sites (tertiary alicyclic amines) is 1. The molecule has 0 radical (unpaired) electrons. The van der Waals surface area contributed by atoms with Crippen molar-refractivity contribution in [3.63, 3.8) is 0 Å². The molecule has 0 spiro atoms. The van der Waals surface area contributed by atoms with Crippen LogP contribution < -0.4 is 5.32 Å². The number of benzene rings is 1. The van der Waals surface area contributed by atoms with E-state index in [4.69, 9.17) is 0 Å². The quantitative estimate of drug-likeness (QED) is 0.841. The standard InChI is InChI=1S/C19H24N4O3/c1-22-17(25)7-6-15(18(22)16-8-9-21-23(16)2)19(26)20-11-13-4-3-5-14(10-13)12-24/h3-5,8-10,15,18,24H,6-7,11-12H2,1-2H3,(H,20,26)/t15-,18-/m0/s1. The fraction of sp³-hybridized carbons (Fsp3) is 0.421. The van der Waals surface area contributed by atoms with E-state index in [0.717, 1.165) is 16.8 Å². The third-order valence-corrected chi connectivity index (χ3v) is 5.00. The largest absolute Gasteiger partial charge is 0.392 e. The minimum atomic E-state index is -0.326. The van der Waals surface area contributed by atoms with Crippen molar-refractivity contribution in [2.24, 2.45) is 13.0 Å². The van der Waals surface area contributed by atoms with Crippen molar-refractivity contribution in [2.75, 3.05) is 7.05 Å². The van der Waals surface area contributed by atoms with Crippen molar-refractivity contribution in [2.45, 2.75) is 32.0 Å². The van der Waals surface area contributed by atoms with E-state index in [1.165, 1.54) is 0 Å². The summed E-state index contributed by atoms with van der Waals surface area (Å²) in [4.78, 5) is 26.7. The summed E-state index contributed by atoms with van der Waals surface area (Å²) in [5.74, 6) is -0.366. The van der Waals surface area contributed by atoms with Gasteiger partial charge in [0.25, 0.3) is 0 Å². The molecule has 1 aromatic heterocycles. The second-order valence-corrected chi connectivity index (χ2v) is 6.67. The molecule has 2 aromatic rings. The number of aliphatic hydroxyl groups is 1. The average molecular weight is 356 g/mol. The van der Waals surface area contributed by atoms with Gasteiger partial charge in [-0.3, -0.25) is 14.3 Å². The number of hydrogen-bond acceptors (Lipinski definition) is 4. The number of aromatic nitrogens is 2. The lowest BCUT2D eigenvalue weighted by atomic mass is 9.86. The third kappa shape index (κ3) is 3.62. The lowest BCUT2D eigenvalue weighted by Crippen LogP contribution is -2.46. The molecule has 1 aliphatic heterocycles. The zero-order chi connectivity index (χ0) is 18.7. The summed E-state index contributed by atoms with van der Waals surface area (Å²) in [7, 11) is 3.56. The fourth-order valence-corrected chi connectivity index (χ4v) is 3.55. The Bertz CT molecular complexity index is 802. The molecule has 3 rings (SSSR count). The summed E-state index contributed by atoms with van der Waals surface area (Å²) in [5.41, 5.74) is 2.60.